The Hall–Kier alpha value is -5.89. The van der Waals surface area contributed by atoms with E-state index in [-0.39, 0.29) is 62.9 Å². The van der Waals surface area contributed by atoms with Crippen molar-refractivity contribution in [1.82, 2.24) is 26.6 Å². The van der Waals surface area contributed by atoms with Crippen LogP contribution in [0.4, 0.5) is 0 Å². The lowest BCUT2D eigenvalue weighted by Gasteiger charge is -2.27. The number of carboxylic acid groups (broad SMARTS) is 1. The number of thiol groups is 1. The normalized spacial score (nSPS) is 13.3. The maximum atomic E-state index is 14.1. The molecule has 0 aliphatic rings. The van der Waals surface area contributed by atoms with Gasteiger partial charge in [0.25, 0.3) is 0 Å². The molecule has 0 saturated carbocycles. The van der Waals surface area contributed by atoms with Crippen molar-refractivity contribution in [3.63, 3.8) is 0 Å². The van der Waals surface area contributed by atoms with Gasteiger partial charge in [-0.05, 0) is 36.8 Å². The Morgan fingerprint density at radius 1 is 0.582 bits per heavy atom. The van der Waals surface area contributed by atoms with Gasteiger partial charge in [0.2, 0.25) is 29.5 Å². The molecule has 5 atom stereocenters. The number of hydrogen-bond donors (Lipinski definition) is 12. The summed E-state index contributed by atoms with van der Waals surface area (Å²) in [7, 11) is 0. The number of aliphatic imine (C=N–C) groups is 2. The van der Waals surface area contributed by atoms with Crippen molar-refractivity contribution in [2.75, 3.05) is 25.4 Å². The summed E-state index contributed by atoms with van der Waals surface area (Å²) in [4.78, 5) is 86.8. The van der Waals surface area contributed by atoms with Gasteiger partial charge in [0.15, 0.2) is 11.9 Å². The number of nitrogens with zero attached hydrogens (tertiary/aromatic N) is 2. The van der Waals surface area contributed by atoms with Crippen LogP contribution in [0.3, 0.4) is 0 Å². The van der Waals surface area contributed by atoms with Crippen LogP contribution < -0.4 is 55.3 Å². The Kier molecular flexibility index (Phi) is 20.1. The molecular weight excluding hydrogens is 733 g/mol. The standard InChI is InChI=1S/C35H52N12O7S/c36-19-28(48)43-23(13-7-15-41-34(37)38)29(49)45-25(17-21-9-3-1-4-10-21)31(51)44-24(14-8-16-42-35(39)40)30(50)46-26(18-22-11-5-2-6-12-22)32(52)47-27(20-55)33(53)54/h1-6,9-12,23-27,55H,7-8,13-20,36H2,(H,43,48)(H,44,51)(H,45,49)(H,46,50)(H,47,52)(H,53,54)(H4,37,38,41)(H4,39,40,42)/t23-,24-,25+,26-,27-/m0/s1. The molecule has 2 rings (SSSR count). The highest BCUT2D eigenvalue weighted by Gasteiger charge is 2.32. The summed E-state index contributed by atoms with van der Waals surface area (Å²) in [6.45, 7) is -0.119. The summed E-state index contributed by atoms with van der Waals surface area (Å²) >= 11 is 4.01. The van der Waals surface area contributed by atoms with E-state index in [2.05, 4.69) is 49.2 Å². The van der Waals surface area contributed by atoms with Crippen molar-refractivity contribution < 1.29 is 33.9 Å². The summed E-state index contributed by atoms with van der Waals surface area (Å²) in [6, 6.07) is 11.2. The summed E-state index contributed by atoms with van der Waals surface area (Å²) in [6.07, 6.45) is 0.584. The molecule has 20 heteroatoms. The van der Waals surface area contributed by atoms with Crippen molar-refractivity contribution in [3.8, 4) is 0 Å². The van der Waals surface area contributed by atoms with Crippen LogP contribution in [0.2, 0.25) is 0 Å². The quantitative estimate of drug-likeness (QED) is 0.0219. The van der Waals surface area contributed by atoms with Gasteiger partial charge in [0.1, 0.15) is 30.2 Å². The number of carbonyl (C=O) groups excluding carboxylic acids is 5. The average molecular weight is 785 g/mol. The molecule has 2 aromatic carbocycles. The fraction of sp³-hybridized carbons (Fsp3) is 0.429. The predicted molar refractivity (Wildman–Crippen MR) is 210 cm³/mol. The lowest BCUT2D eigenvalue weighted by molar-refractivity contribution is -0.141. The molecule has 0 aliphatic carbocycles. The van der Waals surface area contributed by atoms with E-state index < -0.39 is 72.3 Å². The Balaban J connectivity index is 2.43. The summed E-state index contributed by atoms with van der Waals surface area (Å²) in [5.74, 6) is -5.47. The zero-order valence-corrected chi connectivity index (χ0v) is 31.3. The molecule has 19 nitrogen and oxygen atoms in total. The van der Waals surface area contributed by atoms with Gasteiger partial charge in [-0.3, -0.25) is 34.0 Å². The van der Waals surface area contributed by atoms with Gasteiger partial charge >= 0.3 is 5.97 Å². The second-order valence-electron chi connectivity index (χ2n) is 12.4. The SMILES string of the molecule is NCC(=O)N[C@@H](CCCN=C(N)N)C(=O)N[C@H](Cc1ccccc1)C(=O)N[C@@H](CCCN=C(N)N)C(=O)N[C@@H](Cc1ccccc1)C(=O)N[C@@H](CS)C(=O)O. The van der Waals surface area contributed by atoms with Gasteiger partial charge < -0.3 is 60.4 Å². The molecule has 0 spiro atoms. The smallest absolute Gasteiger partial charge is 0.327 e. The fourth-order valence-electron chi connectivity index (χ4n) is 5.19. The molecule has 16 N–H and O–H groups in total. The highest BCUT2D eigenvalue weighted by atomic mass is 32.1. The lowest BCUT2D eigenvalue weighted by atomic mass is 10.0. The Labute approximate surface area is 324 Å². The minimum atomic E-state index is -1.34. The van der Waals surface area contributed by atoms with Crippen LogP contribution in [0.5, 0.6) is 0 Å². The molecule has 55 heavy (non-hydrogen) atoms. The zero-order chi connectivity index (χ0) is 40.8. The number of nitrogens with one attached hydrogen (secondary N) is 5. The van der Waals surface area contributed by atoms with Gasteiger partial charge in [0, 0.05) is 31.7 Å². The van der Waals surface area contributed by atoms with Crippen LogP contribution in [0.15, 0.2) is 70.6 Å². The van der Waals surface area contributed by atoms with Crippen molar-refractivity contribution >= 4 is 60.1 Å². The molecule has 0 unspecified atom stereocenters. The molecule has 0 heterocycles. The molecule has 0 saturated heterocycles. The number of carbonyl (C=O) groups is 6. The zero-order valence-electron chi connectivity index (χ0n) is 30.4. The highest BCUT2D eigenvalue weighted by Crippen LogP contribution is 2.10. The number of amides is 5. The molecule has 2 aromatic rings. The van der Waals surface area contributed by atoms with E-state index >= 15 is 0 Å². The Morgan fingerprint density at radius 2 is 0.945 bits per heavy atom. The maximum absolute atomic E-state index is 14.1. The molecule has 0 fully saturated rings. The second kappa shape index (κ2) is 24.4. The van der Waals surface area contributed by atoms with E-state index in [1.54, 1.807) is 60.7 Å². The summed E-state index contributed by atoms with van der Waals surface area (Å²) < 4.78 is 0. The molecule has 5 amide bonds. The fourth-order valence-corrected chi connectivity index (χ4v) is 5.44. The number of benzene rings is 2. The van der Waals surface area contributed by atoms with Gasteiger partial charge in [0.05, 0.1) is 6.54 Å². The Morgan fingerprint density at radius 3 is 1.31 bits per heavy atom. The highest BCUT2D eigenvalue weighted by molar-refractivity contribution is 7.80. The minimum Gasteiger partial charge on any atom is -0.480 e. The van der Waals surface area contributed by atoms with Crippen LogP contribution >= 0.6 is 12.6 Å². The minimum absolute atomic E-state index is 0.00556. The molecular formula is C35H52N12O7S. The first-order valence-electron chi connectivity index (χ1n) is 17.5. The summed E-state index contributed by atoms with van der Waals surface area (Å²) in [5.41, 5.74) is 28.5. The van der Waals surface area contributed by atoms with Crippen LogP contribution in [0.25, 0.3) is 0 Å². The van der Waals surface area contributed by atoms with E-state index in [0.717, 1.165) is 0 Å². The number of aliphatic carboxylic acids is 1. The molecule has 0 aliphatic heterocycles. The van der Waals surface area contributed by atoms with Gasteiger partial charge in [-0.25, -0.2) is 4.79 Å². The number of hydrogen-bond acceptors (Lipinski definition) is 10. The second-order valence-corrected chi connectivity index (χ2v) is 12.7. The van der Waals surface area contributed by atoms with E-state index in [4.69, 9.17) is 28.7 Å². The maximum Gasteiger partial charge on any atom is 0.327 e. The number of carboxylic acids is 1. The monoisotopic (exact) mass is 784 g/mol. The molecule has 300 valence electrons. The van der Waals surface area contributed by atoms with Crippen LogP contribution in [0.1, 0.15) is 36.8 Å². The third kappa shape index (κ3) is 17.7. The van der Waals surface area contributed by atoms with Crippen molar-refractivity contribution in [2.24, 2.45) is 38.7 Å². The first-order chi connectivity index (χ1) is 26.2. The predicted octanol–water partition coefficient (Wildman–Crippen LogP) is -3.02. The summed E-state index contributed by atoms with van der Waals surface area (Å²) in [5, 5.41) is 22.5. The first-order valence-corrected chi connectivity index (χ1v) is 18.1. The molecule has 0 radical (unpaired) electrons. The van der Waals surface area contributed by atoms with Gasteiger partial charge in [-0.15, -0.1) is 0 Å². The van der Waals surface area contributed by atoms with E-state index in [9.17, 15) is 33.9 Å². The number of guanidine groups is 2. The van der Waals surface area contributed by atoms with Crippen molar-refractivity contribution in [2.45, 2.75) is 68.7 Å². The van der Waals surface area contributed by atoms with Crippen LogP contribution in [0, 0.1) is 0 Å². The largest absolute Gasteiger partial charge is 0.480 e. The number of rotatable bonds is 24. The van der Waals surface area contributed by atoms with Crippen molar-refractivity contribution in [3.05, 3.63) is 71.8 Å². The molecule has 0 aromatic heterocycles. The Bertz CT molecular complexity index is 1620. The molecule has 0 bridgehead atoms. The number of nitrogens with two attached hydrogens (primary N) is 5. The van der Waals surface area contributed by atoms with Gasteiger partial charge in [-0.2, -0.15) is 12.6 Å². The van der Waals surface area contributed by atoms with Crippen LogP contribution in [-0.2, 0) is 41.6 Å². The third-order valence-corrected chi connectivity index (χ3v) is 8.35. The third-order valence-electron chi connectivity index (χ3n) is 7.99. The van der Waals surface area contributed by atoms with Crippen molar-refractivity contribution in [1.29, 1.82) is 0 Å². The van der Waals surface area contributed by atoms with Gasteiger partial charge in [-0.1, -0.05) is 60.7 Å². The average Bonchev–Trinajstić information content (AvgIpc) is 3.15. The topological polar surface area (TPSA) is 338 Å². The first kappa shape index (κ1) is 45.3. The van der Waals surface area contributed by atoms with E-state index in [1.165, 1.54) is 0 Å². The van der Waals surface area contributed by atoms with E-state index in [1.807, 2.05) is 0 Å². The van der Waals surface area contributed by atoms with E-state index in [0.29, 0.717) is 17.5 Å². The lowest BCUT2D eigenvalue weighted by Crippen LogP contribution is -2.59. The van der Waals surface area contributed by atoms with Crippen LogP contribution in [-0.4, -0.2) is 108 Å².